The van der Waals surface area contributed by atoms with E-state index in [-0.39, 0.29) is 5.91 Å². The van der Waals surface area contributed by atoms with Crippen molar-refractivity contribution in [1.82, 2.24) is 19.8 Å². The van der Waals surface area contributed by atoms with Crippen molar-refractivity contribution in [1.29, 1.82) is 0 Å². The van der Waals surface area contributed by atoms with Crippen LogP contribution in [0.4, 0.5) is 0 Å². The lowest BCUT2D eigenvalue weighted by Crippen LogP contribution is -2.48. The van der Waals surface area contributed by atoms with Crippen LogP contribution in [-0.2, 0) is 17.8 Å². The summed E-state index contributed by atoms with van der Waals surface area (Å²) in [7, 11) is 0. The van der Waals surface area contributed by atoms with Crippen LogP contribution in [0.5, 0.6) is 0 Å². The van der Waals surface area contributed by atoms with E-state index in [1.54, 1.807) is 23.1 Å². The van der Waals surface area contributed by atoms with Crippen molar-refractivity contribution in [2.24, 2.45) is 0 Å². The van der Waals surface area contributed by atoms with E-state index in [1.807, 2.05) is 25.0 Å². The fourth-order valence-corrected chi connectivity index (χ4v) is 4.53. The van der Waals surface area contributed by atoms with Crippen molar-refractivity contribution in [3.63, 3.8) is 0 Å². The quantitative estimate of drug-likeness (QED) is 0.560. The maximum atomic E-state index is 12.6. The number of aromatic nitrogens is 2. The number of rotatable bonds is 6. The molecule has 1 aliphatic heterocycles. The molecule has 7 heteroatoms. The smallest absolute Gasteiger partial charge is 0.222 e. The van der Waals surface area contributed by atoms with Crippen molar-refractivity contribution >= 4 is 29.0 Å². The average Bonchev–Trinajstić information content (AvgIpc) is 3.14. The van der Waals surface area contributed by atoms with Gasteiger partial charge in [0.2, 0.25) is 5.91 Å². The van der Waals surface area contributed by atoms with Crippen LogP contribution in [0, 0.1) is 13.8 Å². The molecule has 26 heavy (non-hydrogen) atoms. The summed E-state index contributed by atoms with van der Waals surface area (Å²) in [6.45, 7) is 8.57. The van der Waals surface area contributed by atoms with Crippen molar-refractivity contribution in [2.45, 2.75) is 38.4 Å². The third-order valence-electron chi connectivity index (χ3n) is 4.86. The number of thiophene rings is 1. The third kappa shape index (κ3) is 4.84. The van der Waals surface area contributed by atoms with E-state index in [4.69, 9.17) is 0 Å². The number of carbonyl (C=O) groups is 1. The Balaban J connectivity index is 1.49. The number of hydrogen-bond donors (Lipinski definition) is 0. The fourth-order valence-electron chi connectivity index (χ4n) is 3.33. The maximum Gasteiger partial charge on any atom is 0.222 e. The largest absolute Gasteiger partial charge is 0.340 e. The van der Waals surface area contributed by atoms with Gasteiger partial charge >= 0.3 is 0 Å². The van der Waals surface area contributed by atoms with E-state index >= 15 is 0 Å². The van der Waals surface area contributed by atoms with E-state index < -0.39 is 0 Å². The van der Waals surface area contributed by atoms with E-state index in [0.29, 0.717) is 6.42 Å². The minimum absolute atomic E-state index is 0.244. The Labute approximate surface area is 163 Å². The zero-order valence-electron chi connectivity index (χ0n) is 15.7. The molecule has 2 aromatic rings. The van der Waals surface area contributed by atoms with Gasteiger partial charge in [0.15, 0.2) is 5.16 Å². The molecule has 1 fully saturated rings. The number of carbonyl (C=O) groups excluding carboxylic acids is 1. The summed E-state index contributed by atoms with van der Waals surface area (Å²) >= 11 is 3.35. The van der Waals surface area contributed by atoms with Crippen LogP contribution in [0.3, 0.4) is 0 Å². The normalized spacial score (nSPS) is 15.4. The van der Waals surface area contributed by atoms with Crippen molar-refractivity contribution in [3.05, 3.63) is 39.3 Å². The third-order valence-corrected chi connectivity index (χ3v) is 6.27. The minimum Gasteiger partial charge on any atom is -0.340 e. The highest BCUT2D eigenvalue weighted by Gasteiger charge is 2.21. The van der Waals surface area contributed by atoms with Crippen LogP contribution in [0.15, 0.2) is 22.7 Å². The Kier molecular flexibility index (Phi) is 6.67. The monoisotopic (exact) mass is 390 g/mol. The molecule has 0 N–H and O–H groups in total. The summed E-state index contributed by atoms with van der Waals surface area (Å²) in [5.41, 5.74) is 3.11. The van der Waals surface area contributed by atoms with Crippen LogP contribution in [0.1, 0.15) is 28.2 Å². The number of piperazine rings is 1. The van der Waals surface area contributed by atoms with E-state index in [9.17, 15) is 4.79 Å². The van der Waals surface area contributed by atoms with Crippen LogP contribution in [-0.4, -0.2) is 58.1 Å². The average molecular weight is 391 g/mol. The molecule has 0 radical (unpaired) electrons. The Morgan fingerprint density at radius 2 is 1.88 bits per heavy atom. The van der Waals surface area contributed by atoms with Crippen LogP contribution >= 0.6 is 23.1 Å². The number of nitrogens with zero attached hydrogens (tertiary/aromatic N) is 4. The molecule has 1 amide bonds. The SMILES string of the molecule is CSc1nc(C)c(CCC(=O)N2CCN(Cc3cccs3)CC2)c(C)n1. The molecule has 0 atom stereocenters. The van der Waals surface area contributed by atoms with Crippen molar-refractivity contribution < 1.29 is 4.79 Å². The van der Waals surface area contributed by atoms with Gasteiger partial charge < -0.3 is 4.90 Å². The van der Waals surface area contributed by atoms with Crippen LogP contribution in [0.25, 0.3) is 0 Å². The molecule has 0 aliphatic carbocycles. The summed E-state index contributed by atoms with van der Waals surface area (Å²) in [6, 6.07) is 4.27. The second-order valence-corrected chi connectivity index (χ2v) is 8.40. The van der Waals surface area contributed by atoms with Crippen molar-refractivity contribution in [3.8, 4) is 0 Å². The second-order valence-electron chi connectivity index (χ2n) is 6.60. The maximum absolute atomic E-state index is 12.6. The summed E-state index contributed by atoms with van der Waals surface area (Å²) < 4.78 is 0. The predicted octanol–water partition coefficient (Wildman–Crippen LogP) is 3.15. The van der Waals surface area contributed by atoms with Gasteiger partial charge in [-0.25, -0.2) is 9.97 Å². The first kappa shape index (κ1) is 19.3. The number of amides is 1. The summed E-state index contributed by atoms with van der Waals surface area (Å²) in [6.07, 6.45) is 3.24. The Bertz CT molecular complexity index is 717. The molecule has 0 saturated carbocycles. The first-order chi connectivity index (χ1) is 12.6. The number of hydrogen-bond acceptors (Lipinski definition) is 6. The van der Waals surface area contributed by atoms with Gasteiger partial charge in [0.05, 0.1) is 0 Å². The summed E-state index contributed by atoms with van der Waals surface area (Å²) in [5.74, 6) is 0.244. The zero-order chi connectivity index (χ0) is 18.5. The lowest BCUT2D eigenvalue weighted by Gasteiger charge is -2.34. The molecule has 0 unspecified atom stereocenters. The highest BCUT2D eigenvalue weighted by Crippen LogP contribution is 2.18. The number of aryl methyl sites for hydroxylation is 2. The second kappa shape index (κ2) is 8.97. The Hall–Kier alpha value is -1.44. The van der Waals surface area contributed by atoms with Gasteiger partial charge in [-0.05, 0) is 43.5 Å². The van der Waals surface area contributed by atoms with E-state index in [0.717, 1.165) is 61.3 Å². The molecule has 0 aromatic carbocycles. The molecule has 3 rings (SSSR count). The van der Waals surface area contributed by atoms with Gasteiger partial charge in [-0.1, -0.05) is 17.8 Å². The van der Waals surface area contributed by atoms with Crippen molar-refractivity contribution in [2.75, 3.05) is 32.4 Å². The van der Waals surface area contributed by atoms with E-state index in [1.165, 1.54) is 4.88 Å². The molecule has 0 spiro atoms. The molecule has 5 nitrogen and oxygen atoms in total. The molecule has 3 heterocycles. The zero-order valence-corrected chi connectivity index (χ0v) is 17.3. The molecule has 1 saturated heterocycles. The topological polar surface area (TPSA) is 49.3 Å². The molecular weight excluding hydrogens is 364 g/mol. The molecule has 0 bridgehead atoms. The lowest BCUT2D eigenvalue weighted by molar-refractivity contribution is -0.132. The van der Waals surface area contributed by atoms with Gasteiger partial charge in [0, 0.05) is 55.4 Å². The van der Waals surface area contributed by atoms with Gasteiger partial charge in [-0.15, -0.1) is 11.3 Å². The van der Waals surface area contributed by atoms with Crippen LogP contribution in [0.2, 0.25) is 0 Å². The minimum atomic E-state index is 0.244. The van der Waals surface area contributed by atoms with E-state index in [2.05, 4.69) is 32.4 Å². The van der Waals surface area contributed by atoms with Gasteiger partial charge in [0.25, 0.3) is 0 Å². The van der Waals surface area contributed by atoms with Gasteiger partial charge in [0.1, 0.15) is 0 Å². The van der Waals surface area contributed by atoms with Crippen LogP contribution < -0.4 is 0 Å². The number of thioether (sulfide) groups is 1. The summed E-state index contributed by atoms with van der Waals surface area (Å²) in [5, 5.41) is 2.92. The molecule has 1 aliphatic rings. The highest BCUT2D eigenvalue weighted by molar-refractivity contribution is 7.98. The molecular formula is C19H26N4OS2. The first-order valence-corrected chi connectivity index (χ1v) is 11.1. The summed E-state index contributed by atoms with van der Waals surface area (Å²) in [4.78, 5) is 27.5. The Morgan fingerprint density at radius 1 is 1.19 bits per heavy atom. The predicted molar refractivity (Wildman–Crippen MR) is 108 cm³/mol. The standard InChI is InChI=1S/C19H26N4OS2/c1-14-17(15(2)21-19(20-14)25-3)6-7-18(24)23-10-8-22(9-11-23)13-16-5-4-12-26-16/h4-5,12H,6-11,13H2,1-3H3. The van der Waals surface area contributed by atoms with Gasteiger partial charge in [-0.3, -0.25) is 9.69 Å². The fraction of sp³-hybridized carbons (Fsp3) is 0.526. The highest BCUT2D eigenvalue weighted by atomic mass is 32.2. The lowest BCUT2D eigenvalue weighted by atomic mass is 10.1. The Morgan fingerprint density at radius 3 is 2.46 bits per heavy atom. The molecule has 140 valence electrons. The molecule has 2 aromatic heterocycles. The first-order valence-electron chi connectivity index (χ1n) is 8.97. The van der Waals surface area contributed by atoms with Gasteiger partial charge in [-0.2, -0.15) is 0 Å².